The molecule has 1 unspecified atom stereocenters. The summed E-state index contributed by atoms with van der Waals surface area (Å²) in [4.78, 5) is 10.1. The Morgan fingerprint density at radius 3 is 2.86 bits per heavy atom. The molecule has 3 rings (SSSR count). The number of benzene rings is 2. The van der Waals surface area contributed by atoms with E-state index in [1.807, 2.05) is 6.07 Å². The van der Waals surface area contributed by atoms with Crippen LogP contribution >= 0.6 is 0 Å². The van der Waals surface area contributed by atoms with Crippen molar-refractivity contribution >= 4 is 11.4 Å². The number of nitro benzene ring substituents is 1. The van der Waals surface area contributed by atoms with Crippen molar-refractivity contribution in [1.82, 2.24) is 0 Å². The number of nitrogens with one attached hydrogen (secondary N) is 1. The van der Waals surface area contributed by atoms with E-state index in [-0.39, 0.29) is 17.5 Å². The first kappa shape index (κ1) is 13.4. The van der Waals surface area contributed by atoms with E-state index >= 15 is 0 Å². The van der Waals surface area contributed by atoms with Crippen LogP contribution in [0.3, 0.4) is 0 Å². The average Bonchev–Trinajstić information content (AvgIpc) is 2.80. The number of halogens is 1. The second kappa shape index (κ2) is 5.05. The van der Waals surface area contributed by atoms with Crippen molar-refractivity contribution in [3.8, 4) is 5.75 Å². The van der Waals surface area contributed by atoms with E-state index in [0.29, 0.717) is 5.69 Å². The normalized spacial score (nSPS) is 16.5. The zero-order valence-corrected chi connectivity index (χ0v) is 11.0. The van der Waals surface area contributed by atoms with Crippen LogP contribution in [-0.2, 0) is 6.42 Å². The van der Waals surface area contributed by atoms with E-state index in [2.05, 4.69) is 5.32 Å². The molecule has 1 atom stereocenters. The Balaban J connectivity index is 1.88. The predicted molar refractivity (Wildman–Crippen MR) is 75.8 cm³/mol. The second-order valence-electron chi connectivity index (χ2n) is 5.07. The van der Waals surface area contributed by atoms with Gasteiger partial charge in [0.1, 0.15) is 11.6 Å². The van der Waals surface area contributed by atoms with Crippen molar-refractivity contribution in [1.29, 1.82) is 0 Å². The smallest absolute Gasteiger partial charge is 0.274 e. The molecule has 0 heterocycles. The fourth-order valence-electron chi connectivity index (χ4n) is 2.72. The summed E-state index contributed by atoms with van der Waals surface area (Å²) < 4.78 is 13.4. The zero-order chi connectivity index (χ0) is 15.0. The van der Waals surface area contributed by atoms with Crippen LogP contribution < -0.4 is 5.32 Å². The lowest BCUT2D eigenvalue weighted by atomic mass is 10.1. The monoisotopic (exact) mass is 288 g/mol. The molecule has 21 heavy (non-hydrogen) atoms. The maximum Gasteiger partial charge on any atom is 0.274 e. The highest BCUT2D eigenvalue weighted by atomic mass is 19.1. The van der Waals surface area contributed by atoms with Gasteiger partial charge in [-0.15, -0.1) is 0 Å². The number of aromatic hydroxyl groups is 1. The van der Waals surface area contributed by atoms with Gasteiger partial charge in [0.05, 0.1) is 17.0 Å². The third kappa shape index (κ3) is 2.65. The second-order valence-corrected chi connectivity index (χ2v) is 5.07. The highest BCUT2D eigenvalue weighted by molar-refractivity contribution is 5.54. The van der Waals surface area contributed by atoms with E-state index < -0.39 is 10.7 Å². The van der Waals surface area contributed by atoms with Crippen LogP contribution in [0.15, 0.2) is 36.4 Å². The molecular formula is C15H13FN2O3. The van der Waals surface area contributed by atoms with Gasteiger partial charge in [0.15, 0.2) is 0 Å². The molecule has 1 aliphatic carbocycles. The van der Waals surface area contributed by atoms with Crippen molar-refractivity contribution in [2.75, 3.05) is 5.32 Å². The number of rotatable bonds is 3. The lowest BCUT2D eigenvalue weighted by Crippen LogP contribution is -2.07. The largest absolute Gasteiger partial charge is 0.508 e. The highest BCUT2D eigenvalue weighted by Crippen LogP contribution is 2.36. The van der Waals surface area contributed by atoms with Gasteiger partial charge in [0.25, 0.3) is 5.69 Å². The minimum absolute atomic E-state index is 0.0398. The molecule has 0 amide bonds. The van der Waals surface area contributed by atoms with Gasteiger partial charge < -0.3 is 10.4 Å². The standard InChI is InChI=1S/C15H13FN2O3/c16-10-6-11(8-12(7-10)18(20)21)17-15-4-1-9-5-13(19)2-3-14(9)15/h2-3,5-8,15,17,19H,1,4H2. The molecule has 108 valence electrons. The summed E-state index contributed by atoms with van der Waals surface area (Å²) in [5.74, 6) is -0.425. The Morgan fingerprint density at radius 1 is 1.29 bits per heavy atom. The van der Waals surface area contributed by atoms with Crippen molar-refractivity contribution < 1.29 is 14.4 Å². The summed E-state index contributed by atoms with van der Waals surface area (Å²) in [6.45, 7) is 0. The average molecular weight is 288 g/mol. The molecule has 6 heteroatoms. The number of hydrogen-bond donors (Lipinski definition) is 2. The maximum absolute atomic E-state index is 13.4. The van der Waals surface area contributed by atoms with Gasteiger partial charge in [0, 0.05) is 11.8 Å². The first-order valence-corrected chi connectivity index (χ1v) is 6.56. The molecule has 2 aromatic rings. The Labute approximate surface area is 120 Å². The fraction of sp³-hybridized carbons (Fsp3) is 0.200. The van der Waals surface area contributed by atoms with Gasteiger partial charge in [-0.1, -0.05) is 6.07 Å². The van der Waals surface area contributed by atoms with Crippen molar-refractivity contribution in [2.45, 2.75) is 18.9 Å². The molecule has 1 aliphatic rings. The number of hydrogen-bond acceptors (Lipinski definition) is 4. The molecule has 0 aromatic heterocycles. The molecule has 0 fully saturated rings. The summed E-state index contributed by atoms with van der Waals surface area (Å²) in [6, 6.07) is 8.56. The molecule has 0 radical (unpaired) electrons. The van der Waals surface area contributed by atoms with Crippen LogP contribution in [0.1, 0.15) is 23.6 Å². The Morgan fingerprint density at radius 2 is 2.10 bits per heavy atom. The maximum atomic E-state index is 13.4. The molecule has 0 aliphatic heterocycles. The molecule has 0 spiro atoms. The van der Waals surface area contributed by atoms with Gasteiger partial charge in [-0.25, -0.2) is 4.39 Å². The number of phenolic OH excluding ortho intramolecular Hbond substituents is 1. The number of nitrogens with zero attached hydrogens (tertiary/aromatic N) is 1. The van der Waals surface area contributed by atoms with Gasteiger partial charge in [0.2, 0.25) is 0 Å². The Hall–Kier alpha value is -2.63. The number of anilines is 1. The van der Waals surface area contributed by atoms with Crippen molar-refractivity contribution in [3.05, 3.63) is 63.5 Å². The number of phenols is 1. The molecular weight excluding hydrogens is 275 g/mol. The van der Waals surface area contributed by atoms with Crippen LogP contribution in [0.25, 0.3) is 0 Å². The number of nitro groups is 1. The quantitative estimate of drug-likeness (QED) is 0.669. The fourth-order valence-corrected chi connectivity index (χ4v) is 2.72. The van der Waals surface area contributed by atoms with Crippen LogP contribution in [-0.4, -0.2) is 10.0 Å². The summed E-state index contributed by atoms with van der Waals surface area (Å²) in [5.41, 5.74) is 2.17. The van der Waals surface area contributed by atoms with E-state index in [0.717, 1.165) is 30.0 Å². The lowest BCUT2D eigenvalue weighted by molar-refractivity contribution is -0.385. The summed E-state index contributed by atoms with van der Waals surface area (Å²) >= 11 is 0. The molecule has 0 bridgehead atoms. The lowest BCUT2D eigenvalue weighted by Gasteiger charge is -2.15. The molecule has 2 aromatic carbocycles. The third-order valence-electron chi connectivity index (χ3n) is 3.64. The summed E-state index contributed by atoms with van der Waals surface area (Å²) in [6.07, 6.45) is 1.60. The van der Waals surface area contributed by atoms with Crippen LogP contribution in [0.2, 0.25) is 0 Å². The van der Waals surface area contributed by atoms with Gasteiger partial charge in [-0.2, -0.15) is 0 Å². The van der Waals surface area contributed by atoms with Gasteiger partial charge >= 0.3 is 0 Å². The minimum Gasteiger partial charge on any atom is -0.508 e. The zero-order valence-electron chi connectivity index (χ0n) is 11.0. The Bertz CT molecular complexity index is 718. The predicted octanol–water partition coefficient (Wildman–Crippen LogP) is 3.54. The van der Waals surface area contributed by atoms with Gasteiger partial charge in [-0.05, 0) is 42.2 Å². The van der Waals surface area contributed by atoms with Crippen molar-refractivity contribution in [2.24, 2.45) is 0 Å². The number of non-ortho nitro benzene ring substituents is 1. The first-order valence-electron chi connectivity index (χ1n) is 6.56. The van der Waals surface area contributed by atoms with Crippen LogP contribution in [0.4, 0.5) is 15.8 Å². The summed E-state index contributed by atoms with van der Waals surface area (Å²) in [7, 11) is 0. The van der Waals surface area contributed by atoms with E-state index in [1.54, 1.807) is 12.1 Å². The van der Waals surface area contributed by atoms with Crippen LogP contribution in [0.5, 0.6) is 5.75 Å². The molecule has 5 nitrogen and oxygen atoms in total. The molecule has 0 saturated carbocycles. The number of fused-ring (bicyclic) bond motifs is 1. The van der Waals surface area contributed by atoms with E-state index in [1.165, 1.54) is 12.1 Å². The SMILES string of the molecule is O=[N+]([O-])c1cc(F)cc(NC2CCc3cc(O)ccc32)c1. The van der Waals surface area contributed by atoms with Crippen molar-refractivity contribution in [3.63, 3.8) is 0 Å². The topological polar surface area (TPSA) is 75.4 Å². The molecule has 0 saturated heterocycles. The van der Waals surface area contributed by atoms with E-state index in [9.17, 15) is 19.6 Å². The first-order chi connectivity index (χ1) is 10.0. The van der Waals surface area contributed by atoms with E-state index in [4.69, 9.17) is 0 Å². The highest BCUT2D eigenvalue weighted by Gasteiger charge is 2.23. The van der Waals surface area contributed by atoms with Crippen LogP contribution in [0, 0.1) is 15.9 Å². The molecule has 2 N–H and O–H groups in total. The number of aryl methyl sites for hydroxylation is 1. The Kier molecular flexibility index (Phi) is 3.21. The summed E-state index contributed by atoms with van der Waals surface area (Å²) in [5, 5.41) is 23.3. The van der Waals surface area contributed by atoms with Gasteiger partial charge in [-0.3, -0.25) is 10.1 Å². The third-order valence-corrected chi connectivity index (χ3v) is 3.64. The minimum atomic E-state index is -0.643.